The topological polar surface area (TPSA) is 77.8 Å². The molecule has 0 amide bonds. The highest BCUT2D eigenvalue weighted by Crippen LogP contribution is 2.40. The molecule has 0 N–H and O–H groups in total. The number of benzene rings is 7. The number of aromatic nitrogens is 4. The maximum absolute atomic E-state index is 6.35. The predicted octanol–water partition coefficient (Wildman–Crippen LogP) is 13.1. The third kappa shape index (κ3) is 5.43. The fourth-order valence-corrected chi connectivity index (χ4v) is 7.59. The summed E-state index contributed by atoms with van der Waals surface area (Å²) in [6, 6.07) is 61.9. The van der Waals surface area contributed by atoms with Crippen molar-refractivity contribution in [3.8, 4) is 67.5 Å². The second kappa shape index (κ2) is 13.0. The SMILES string of the molecule is c1ccc(-c2ccc(-c3nc(-c4ccc(-c5nc(-c6ccc(-c7ccccc7)cc6)nc6oc7ccccc7c56)cc4)c4c(n3)oc3ccccc34)cc2)cc1. The minimum atomic E-state index is 0.549. The average Bonchev–Trinajstić information content (AvgIpc) is 3.85. The van der Waals surface area contributed by atoms with Gasteiger partial charge in [-0.3, -0.25) is 0 Å². The van der Waals surface area contributed by atoms with Gasteiger partial charge in [-0.1, -0.05) is 170 Å². The van der Waals surface area contributed by atoms with Crippen LogP contribution in [0.1, 0.15) is 0 Å². The Morgan fingerprint density at radius 3 is 1.00 bits per heavy atom. The van der Waals surface area contributed by atoms with Crippen LogP contribution < -0.4 is 0 Å². The van der Waals surface area contributed by atoms with Gasteiger partial charge in [0.1, 0.15) is 11.2 Å². The molecule has 0 aliphatic carbocycles. The molecular weight excluding hydrogens is 689 g/mol. The fourth-order valence-electron chi connectivity index (χ4n) is 7.59. The molecule has 0 unspecified atom stereocenters. The van der Waals surface area contributed by atoms with Gasteiger partial charge in [0.2, 0.25) is 11.4 Å². The van der Waals surface area contributed by atoms with Gasteiger partial charge >= 0.3 is 0 Å². The Morgan fingerprint density at radius 2 is 0.589 bits per heavy atom. The van der Waals surface area contributed by atoms with Crippen LogP contribution in [0.2, 0.25) is 0 Å². The highest BCUT2D eigenvalue weighted by Gasteiger charge is 2.21. The van der Waals surface area contributed by atoms with Crippen LogP contribution in [0.3, 0.4) is 0 Å². The van der Waals surface area contributed by atoms with Gasteiger partial charge in [-0.05, 0) is 34.4 Å². The van der Waals surface area contributed by atoms with E-state index in [4.69, 9.17) is 28.8 Å². The summed E-state index contributed by atoms with van der Waals surface area (Å²) in [7, 11) is 0. The Kier molecular flexibility index (Phi) is 7.38. The van der Waals surface area contributed by atoms with E-state index in [2.05, 4.69) is 109 Å². The lowest BCUT2D eigenvalue weighted by molar-refractivity contribution is 0.653. The Hall–Kier alpha value is -7.70. The molecule has 0 saturated heterocycles. The lowest BCUT2D eigenvalue weighted by atomic mass is 10.0. The minimum absolute atomic E-state index is 0.549. The molecule has 11 aromatic rings. The van der Waals surface area contributed by atoms with Crippen molar-refractivity contribution in [3.63, 3.8) is 0 Å². The summed E-state index contributed by atoms with van der Waals surface area (Å²) in [6.45, 7) is 0. The fraction of sp³-hybridized carbons (Fsp3) is 0. The summed E-state index contributed by atoms with van der Waals surface area (Å²) in [4.78, 5) is 20.3. The second-order valence-electron chi connectivity index (χ2n) is 13.8. The van der Waals surface area contributed by atoms with Crippen molar-refractivity contribution in [1.82, 2.24) is 19.9 Å². The first-order chi connectivity index (χ1) is 27.7. The molecule has 11 rings (SSSR count). The summed E-state index contributed by atoms with van der Waals surface area (Å²) in [5.74, 6) is 1.20. The van der Waals surface area contributed by atoms with Gasteiger partial charge in [-0.2, -0.15) is 9.97 Å². The Morgan fingerprint density at radius 1 is 0.268 bits per heavy atom. The van der Waals surface area contributed by atoms with Crippen LogP contribution in [-0.4, -0.2) is 19.9 Å². The standard InChI is InChI=1S/C50H30N4O2/c1-3-11-31(12-4-1)33-19-27-37(28-20-33)47-51-45(43-39-15-7-9-17-41(39)55-49(43)53-47)35-23-25-36(26-24-35)46-44-40-16-8-10-18-42(40)56-50(44)54-48(52-46)38-29-21-34(22-30-38)32-13-5-2-6-14-32/h1-30H. The van der Waals surface area contributed by atoms with Gasteiger partial charge < -0.3 is 8.83 Å². The number of rotatable bonds is 6. The zero-order chi connectivity index (χ0) is 37.0. The average molecular weight is 719 g/mol. The highest BCUT2D eigenvalue weighted by molar-refractivity contribution is 6.12. The van der Waals surface area contributed by atoms with Crippen molar-refractivity contribution in [2.24, 2.45) is 0 Å². The molecule has 7 aromatic carbocycles. The molecule has 0 fully saturated rings. The van der Waals surface area contributed by atoms with E-state index in [0.29, 0.717) is 23.1 Å². The normalized spacial score (nSPS) is 11.6. The number of fused-ring (bicyclic) bond motifs is 6. The quantitative estimate of drug-likeness (QED) is 0.170. The Balaban J connectivity index is 1.04. The van der Waals surface area contributed by atoms with E-state index in [1.54, 1.807) is 0 Å². The molecule has 4 heterocycles. The van der Waals surface area contributed by atoms with Gasteiger partial charge in [-0.25, -0.2) is 9.97 Å². The smallest absolute Gasteiger partial charge is 0.231 e. The van der Waals surface area contributed by atoms with Crippen LogP contribution in [0.25, 0.3) is 112 Å². The van der Waals surface area contributed by atoms with Crippen molar-refractivity contribution in [2.45, 2.75) is 0 Å². The summed E-state index contributed by atoms with van der Waals surface area (Å²) >= 11 is 0. The molecule has 0 radical (unpaired) electrons. The maximum Gasteiger partial charge on any atom is 0.231 e. The number of para-hydroxylation sites is 2. The third-order valence-corrected chi connectivity index (χ3v) is 10.4. The molecule has 4 aromatic heterocycles. The van der Waals surface area contributed by atoms with Gasteiger partial charge in [-0.15, -0.1) is 0 Å². The zero-order valence-corrected chi connectivity index (χ0v) is 29.9. The zero-order valence-electron chi connectivity index (χ0n) is 29.9. The summed E-state index contributed by atoms with van der Waals surface area (Å²) < 4.78 is 12.7. The van der Waals surface area contributed by atoms with Crippen LogP contribution in [-0.2, 0) is 0 Å². The number of furan rings is 2. The van der Waals surface area contributed by atoms with Gasteiger partial charge in [0.15, 0.2) is 11.6 Å². The van der Waals surface area contributed by atoms with E-state index in [1.807, 2.05) is 72.8 Å². The van der Waals surface area contributed by atoms with Crippen LogP contribution >= 0.6 is 0 Å². The number of hydrogen-bond acceptors (Lipinski definition) is 6. The first-order valence-electron chi connectivity index (χ1n) is 18.5. The van der Waals surface area contributed by atoms with Crippen LogP contribution in [0, 0.1) is 0 Å². The van der Waals surface area contributed by atoms with Crippen molar-refractivity contribution >= 4 is 44.1 Å². The van der Waals surface area contributed by atoms with Crippen LogP contribution in [0.5, 0.6) is 0 Å². The van der Waals surface area contributed by atoms with E-state index in [0.717, 1.165) is 88.6 Å². The highest BCUT2D eigenvalue weighted by atomic mass is 16.3. The van der Waals surface area contributed by atoms with Crippen molar-refractivity contribution in [2.75, 3.05) is 0 Å². The molecule has 262 valence electrons. The van der Waals surface area contributed by atoms with Crippen LogP contribution in [0.15, 0.2) is 191 Å². The lowest BCUT2D eigenvalue weighted by Gasteiger charge is -2.10. The van der Waals surface area contributed by atoms with Crippen molar-refractivity contribution < 1.29 is 8.83 Å². The predicted molar refractivity (Wildman–Crippen MR) is 225 cm³/mol. The molecule has 0 aliphatic heterocycles. The minimum Gasteiger partial charge on any atom is -0.438 e. The molecule has 0 atom stereocenters. The Bertz CT molecular complexity index is 2990. The molecular formula is C50H30N4O2. The number of nitrogens with zero attached hydrogens (tertiary/aromatic N) is 4. The molecule has 6 heteroatoms. The summed E-state index contributed by atoms with van der Waals surface area (Å²) in [6.07, 6.45) is 0. The van der Waals surface area contributed by atoms with E-state index in [9.17, 15) is 0 Å². The lowest BCUT2D eigenvalue weighted by Crippen LogP contribution is -1.95. The molecule has 6 nitrogen and oxygen atoms in total. The Labute approximate surface area is 321 Å². The van der Waals surface area contributed by atoms with Crippen molar-refractivity contribution in [3.05, 3.63) is 182 Å². The second-order valence-corrected chi connectivity index (χ2v) is 13.8. The van der Waals surface area contributed by atoms with E-state index >= 15 is 0 Å². The van der Waals surface area contributed by atoms with Crippen LogP contribution in [0.4, 0.5) is 0 Å². The van der Waals surface area contributed by atoms with Gasteiger partial charge in [0, 0.05) is 33.0 Å². The molecule has 0 bridgehead atoms. The summed E-state index contributed by atoms with van der Waals surface area (Å²) in [5, 5.41) is 3.70. The van der Waals surface area contributed by atoms with Gasteiger partial charge in [0.25, 0.3) is 0 Å². The molecule has 0 spiro atoms. The maximum atomic E-state index is 6.35. The van der Waals surface area contributed by atoms with E-state index < -0.39 is 0 Å². The monoisotopic (exact) mass is 718 g/mol. The first-order valence-corrected chi connectivity index (χ1v) is 18.5. The molecule has 0 aliphatic rings. The largest absolute Gasteiger partial charge is 0.438 e. The first kappa shape index (κ1) is 31.8. The molecule has 0 saturated carbocycles. The van der Waals surface area contributed by atoms with Crippen molar-refractivity contribution in [1.29, 1.82) is 0 Å². The van der Waals surface area contributed by atoms with Gasteiger partial charge in [0.05, 0.1) is 22.2 Å². The van der Waals surface area contributed by atoms with E-state index in [1.165, 1.54) is 0 Å². The summed E-state index contributed by atoms with van der Waals surface area (Å²) in [5.41, 5.74) is 12.5. The van der Waals surface area contributed by atoms with E-state index in [-0.39, 0.29) is 0 Å². The number of hydrogen-bond donors (Lipinski definition) is 0. The molecule has 56 heavy (non-hydrogen) atoms. The third-order valence-electron chi connectivity index (χ3n) is 10.4.